The first-order chi connectivity index (χ1) is 11.0. The maximum absolute atomic E-state index is 12.6. The van der Waals surface area contributed by atoms with Gasteiger partial charge in [-0.1, -0.05) is 48.0 Å². The second-order valence-corrected chi connectivity index (χ2v) is 5.71. The molecule has 5 nitrogen and oxygen atoms in total. The molecule has 1 heterocycles. The molecule has 3 rings (SSSR count). The van der Waals surface area contributed by atoms with Crippen LogP contribution in [-0.4, -0.2) is 17.7 Å². The Kier molecular flexibility index (Phi) is 3.88. The predicted octanol–water partition coefficient (Wildman–Crippen LogP) is 2.66. The van der Waals surface area contributed by atoms with Gasteiger partial charge in [-0.2, -0.15) is 0 Å². The van der Waals surface area contributed by atoms with Crippen molar-refractivity contribution >= 4 is 35.0 Å². The summed E-state index contributed by atoms with van der Waals surface area (Å²) in [6.07, 6.45) is 0.103. The highest BCUT2D eigenvalue weighted by Crippen LogP contribution is 2.39. The number of carbonyl (C=O) groups is 3. The number of urea groups is 1. The van der Waals surface area contributed by atoms with Gasteiger partial charge < -0.3 is 5.73 Å². The number of Topliss-reactive ketones (excluding diaryl/α,β-unsaturated/α-hetero) is 1. The van der Waals surface area contributed by atoms with Gasteiger partial charge in [-0.15, -0.1) is 0 Å². The van der Waals surface area contributed by atoms with E-state index < -0.39 is 17.9 Å². The molecule has 0 fully saturated rings. The summed E-state index contributed by atoms with van der Waals surface area (Å²) in [4.78, 5) is 37.5. The molecule has 116 valence electrons. The third kappa shape index (κ3) is 2.71. The molecule has 3 amide bonds. The Labute approximate surface area is 137 Å². The zero-order chi connectivity index (χ0) is 16.6. The van der Waals surface area contributed by atoms with Gasteiger partial charge in [-0.3, -0.25) is 9.59 Å². The summed E-state index contributed by atoms with van der Waals surface area (Å²) >= 11 is 5.92. The number of fused-ring (bicyclic) bond motifs is 1. The van der Waals surface area contributed by atoms with Crippen molar-refractivity contribution < 1.29 is 14.4 Å². The quantitative estimate of drug-likeness (QED) is 0.879. The first kappa shape index (κ1) is 15.2. The number of imide groups is 1. The lowest BCUT2D eigenvalue weighted by atomic mass is 9.92. The molecule has 0 aliphatic carbocycles. The van der Waals surface area contributed by atoms with E-state index in [1.807, 2.05) is 30.3 Å². The standard InChI is InChI=1S/C17H13ClN2O3/c18-11-6-7-12-13(9-11)20(17(19)23)16(22)15(12)14(21)8-10-4-2-1-3-5-10/h1-7,9,15H,8H2,(H2,19,23). The molecule has 1 atom stereocenters. The fourth-order valence-corrected chi connectivity index (χ4v) is 2.94. The van der Waals surface area contributed by atoms with Gasteiger partial charge in [0, 0.05) is 11.4 Å². The molecule has 0 saturated carbocycles. The number of hydrogen-bond acceptors (Lipinski definition) is 3. The number of nitrogens with two attached hydrogens (primary N) is 1. The number of anilines is 1. The normalized spacial score (nSPS) is 16.3. The molecule has 0 saturated heterocycles. The van der Waals surface area contributed by atoms with Gasteiger partial charge in [0.25, 0.3) is 0 Å². The number of halogens is 1. The van der Waals surface area contributed by atoms with Crippen molar-refractivity contribution in [2.45, 2.75) is 12.3 Å². The van der Waals surface area contributed by atoms with Crippen LogP contribution in [0.4, 0.5) is 10.5 Å². The molecule has 23 heavy (non-hydrogen) atoms. The molecule has 2 aromatic carbocycles. The van der Waals surface area contributed by atoms with E-state index in [9.17, 15) is 14.4 Å². The number of rotatable bonds is 3. The molecule has 0 aromatic heterocycles. The number of hydrogen-bond donors (Lipinski definition) is 1. The smallest absolute Gasteiger partial charge is 0.326 e. The number of ketones is 1. The Bertz CT molecular complexity index is 805. The number of amides is 3. The highest BCUT2D eigenvalue weighted by atomic mass is 35.5. The van der Waals surface area contributed by atoms with Crippen LogP contribution >= 0.6 is 11.6 Å². The van der Waals surface area contributed by atoms with E-state index in [4.69, 9.17) is 17.3 Å². The topological polar surface area (TPSA) is 80.5 Å². The van der Waals surface area contributed by atoms with Crippen molar-refractivity contribution in [2.24, 2.45) is 5.73 Å². The lowest BCUT2D eigenvalue weighted by molar-refractivity contribution is -0.127. The molecular weight excluding hydrogens is 316 g/mol. The number of primary amides is 1. The average Bonchev–Trinajstić information content (AvgIpc) is 2.79. The largest absolute Gasteiger partial charge is 0.351 e. The van der Waals surface area contributed by atoms with Gasteiger partial charge in [0.15, 0.2) is 5.78 Å². The van der Waals surface area contributed by atoms with Crippen LogP contribution in [0.15, 0.2) is 48.5 Å². The molecule has 2 aromatic rings. The fraction of sp³-hybridized carbons (Fsp3) is 0.118. The molecule has 0 spiro atoms. The van der Waals surface area contributed by atoms with E-state index in [1.54, 1.807) is 12.1 Å². The summed E-state index contributed by atoms with van der Waals surface area (Å²) in [7, 11) is 0. The minimum atomic E-state index is -1.03. The SMILES string of the molecule is NC(=O)N1C(=O)C(C(=O)Cc2ccccc2)c2ccc(Cl)cc21. The van der Waals surface area contributed by atoms with Crippen molar-refractivity contribution in [3.8, 4) is 0 Å². The van der Waals surface area contributed by atoms with Crippen molar-refractivity contribution in [3.63, 3.8) is 0 Å². The number of benzene rings is 2. The highest BCUT2D eigenvalue weighted by Gasteiger charge is 2.43. The van der Waals surface area contributed by atoms with E-state index in [0.29, 0.717) is 10.6 Å². The Morgan fingerprint density at radius 1 is 1.13 bits per heavy atom. The molecule has 0 radical (unpaired) electrons. The Morgan fingerprint density at radius 2 is 1.83 bits per heavy atom. The summed E-state index contributed by atoms with van der Waals surface area (Å²) in [6, 6.07) is 12.8. The summed E-state index contributed by atoms with van der Waals surface area (Å²) in [6.45, 7) is 0. The second kappa shape index (κ2) is 5.85. The van der Waals surface area contributed by atoms with Crippen LogP contribution in [-0.2, 0) is 16.0 Å². The zero-order valence-electron chi connectivity index (χ0n) is 12.0. The average molecular weight is 329 g/mol. The molecule has 2 N–H and O–H groups in total. The van der Waals surface area contributed by atoms with Crippen molar-refractivity contribution in [3.05, 3.63) is 64.7 Å². The zero-order valence-corrected chi connectivity index (χ0v) is 12.8. The van der Waals surface area contributed by atoms with E-state index in [-0.39, 0.29) is 17.9 Å². The highest BCUT2D eigenvalue weighted by molar-refractivity contribution is 6.32. The maximum atomic E-state index is 12.6. The van der Waals surface area contributed by atoms with Crippen LogP contribution < -0.4 is 10.6 Å². The van der Waals surface area contributed by atoms with Crippen molar-refractivity contribution in [1.29, 1.82) is 0 Å². The Balaban J connectivity index is 1.98. The number of carbonyl (C=O) groups excluding carboxylic acids is 3. The molecule has 6 heteroatoms. The van der Waals surface area contributed by atoms with Crippen LogP contribution in [0.3, 0.4) is 0 Å². The van der Waals surface area contributed by atoms with E-state index in [2.05, 4.69) is 0 Å². The van der Waals surface area contributed by atoms with E-state index >= 15 is 0 Å². The monoisotopic (exact) mass is 328 g/mol. The molecule has 0 bridgehead atoms. The van der Waals surface area contributed by atoms with Gasteiger partial charge in [-0.05, 0) is 23.3 Å². The van der Waals surface area contributed by atoms with Gasteiger partial charge in [0.2, 0.25) is 5.91 Å². The minimum Gasteiger partial charge on any atom is -0.351 e. The van der Waals surface area contributed by atoms with Crippen molar-refractivity contribution in [1.82, 2.24) is 0 Å². The van der Waals surface area contributed by atoms with Crippen LogP contribution in [0.5, 0.6) is 0 Å². The van der Waals surface area contributed by atoms with Gasteiger partial charge in [-0.25, -0.2) is 9.69 Å². The summed E-state index contributed by atoms with van der Waals surface area (Å²) in [5.41, 5.74) is 6.82. The van der Waals surface area contributed by atoms with Crippen LogP contribution in [0, 0.1) is 0 Å². The third-order valence-corrected chi connectivity index (χ3v) is 4.01. The summed E-state index contributed by atoms with van der Waals surface area (Å²) in [5.74, 6) is -1.95. The van der Waals surface area contributed by atoms with Gasteiger partial charge in [0.05, 0.1) is 5.69 Å². The minimum absolute atomic E-state index is 0.103. The molecule has 1 aliphatic rings. The summed E-state index contributed by atoms with van der Waals surface area (Å²) < 4.78 is 0. The lowest BCUT2D eigenvalue weighted by Gasteiger charge is -2.12. The van der Waals surface area contributed by atoms with Crippen LogP contribution in [0.25, 0.3) is 0 Å². The van der Waals surface area contributed by atoms with Gasteiger partial charge >= 0.3 is 6.03 Å². The van der Waals surface area contributed by atoms with Crippen molar-refractivity contribution in [2.75, 3.05) is 4.90 Å². The first-order valence-corrected chi connectivity index (χ1v) is 7.36. The fourth-order valence-electron chi connectivity index (χ4n) is 2.77. The third-order valence-electron chi connectivity index (χ3n) is 3.78. The molecule has 1 unspecified atom stereocenters. The predicted molar refractivity (Wildman–Crippen MR) is 86.4 cm³/mol. The summed E-state index contributed by atoms with van der Waals surface area (Å²) in [5, 5.41) is 0.360. The lowest BCUT2D eigenvalue weighted by Crippen LogP contribution is -2.40. The Hall–Kier alpha value is -2.66. The van der Waals surface area contributed by atoms with Crippen LogP contribution in [0.1, 0.15) is 17.0 Å². The van der Waals surface area contributed by atoms with E-state index in [1.165, 1.54) is 6.07 Å². The maximum Gasteiger partial charge on any atom is 0.326 e. The van der Waals surface area contributed by atoms with E-state index in [0.717, 1.165) is 10.5 Å². The Morgan fingerprint density at radius 3 is 2.48 bits per heavy atom. The van der Waals surface area contributed by atoms with Crippen LogP contribution in [0.2, 0.25) is 5.02 Å². The molecule has 1 aliphatic heterocycles. The molecular formula is C17H13ClN2O3. The first-order valence-electron chi connectivity index (χ1n) is 6.98. The van der Waals surface area contributed by atoms with Gasteiger partial charge in [0.1, 0.15) is 5.92 Å². The second-order valence-electron chi connectivity index (χ2n) is 5.28. The number of nitrogens with zero attached hydrogens (tertiary/aromatic N) is 1.